The lowest BCUT2D eigenvalue weighted by atomic mass is 10.1. The van der Waals surface area contributed by atoms with Crippen molar-refractivity contribution in [3.05, 3.63) is 29.8 Å². The Balaban J connectivity index is 2.31. The normalized spacial score (nSPS) is 19.8. The van der Waals surface area contributed by atoms with E-state index in [2.05, 4.69) is 0 Å². The van der Waals surface area contributed by atoms with Crippen LogP contribution in [-0.2, 0) is 15.0 Å². The molecule has 1 aliphatic rings. The van der Waals surface area contributed by atoms with E-state index >= 15 is 0 Å². The summed E-state index contributed by atoms with van der Waals surface area (Å²) in [5, 5.41) is -1.33. The smallest absolute Gasteiger partial charge is 0.307 e. The molecule has 0 saturated carbocycles. The second-order valence-corrected chi connectivity index (χ2v) is 6.03. The SMILES string of the molecule is CC(=O)c1cccc(N2CC(S(=O)(=O)F)CC2=O)c1. The van der Waals surface area contributed by atoms with E-state index in [1.165, 1.54) is 17.9 Å². The number of rotatable bonds is 3. The largest absolute Gasteiger partial charge is 0.311 e. The molecule has 0 bridgehead atoms. The van der Waals surface area contributed by atoms with Crippen LogP contribution in [0, 0.1) is 0 Å². The summed E-state index contributed by atoms with van der Waals surface area (Å²) < 4.78 is 34.6. The van der Waals surface area contributed by atoms with Gasteiger partial charge < -0.3 is 4.90 Å². The molecular weight excluding hydrogens is 273 g/mol. The minimum atomic E-state index is -4.73. The maximum Gasteiger partial charge on any atom is 0.307 e. The van der Waals surface area contributed by atoms with E-state index in [-0.39, 0.29) is 18.7 Å². The molecule has 19 heavy (non-hydrogen) atoms. The Morgan fingerprint density at radius 1 is 1.42 bits per heavy atom. The Hall–Kier alpha value is -1.76. The number of hydrogen-bond acceptors (Lipinski definition) is 4. The third-order valence-corrected chi connectivity index (χ3v) is 4.16. The van der Waals surface area contributed by atoms with Gasteiger partial charge in [0.25, 0.3) is 0 Å². The zero-order valence-electron chi connectivity index (χ0n) is 10.2. The summed E-state index contributed by atoms with van der Waals surface area (Å²) >= 11 is 0. The lowest BCUT2D eigenvalue weighted by Crippen LogP contribution is -2.27. The van der Waals surface area contributed by atoms with Crippen molar-refractivity contribution in [2.45, 2.75) is 18.6 Å². The first-order valence-corrected chi connectivity index (χ1v) is 7.08. The number of amides is 1. The van der Waals surface area contributed by atoms with Crippen molar-refractivity contribution >= 4 is 27.6 Å². The van der Waals surface area contributed by atoms with Crippen LogP contribution in [-0.4, -0.2) is 31.9 Å². The van der Waals surface area contributed by atoms with Crippen LogP contribution in [0.25, 0.3) is 0 Å². The molecule has 1 aliphatic heterocycles. The predicted molar refractivity (Wildman–Crippen MR) is 67.2 cm³/mol. The zero-order valence-corrected chi connectivity index (χ0v) is 11.0. The van der Waals surface area contributed by atoms with Crippen molar-refractivity contribution in [1.82, 2.24) is 0 Å². The first kappa shape index (κ1) is 13.7. The highest BCUT2D eigenvalue weighted by molar-refractivity contribution is 7.87. The third-order valence-electron chi connectivity index (χ3n) is 3.05. The molecule has 102 valence electrons. The molecule has 1 aromatic carbocycles. The minimum Gasteiger partial charge on any atom is -0.311 e. The molecule has 1 atom stereocenters. The topological polar surface area (TPSA) is 71.5 Å². The second-order valence-electron chi connectivity index (χ2n) is 4.41. The van der Waals surface area contributed by atoms with Gasteiger partial charge in [0.2, 0.25) is 5.91 Å². The molecule has 1 aromatic rings. The van der Waals surface area contributed by atoms with E-state index in [0.717, 1.165) is 0 Å². The maximum absolute atomic E-state index is 12.9. The minimum absolute atomic E-state index is 0.164. The molecular formula is C12H12FNO4S. The number of halogens is 1. The number of ketones is 1. The van der Waals surface area contributed by atoms with Crippen LogP contribution >= 0.6 is 0 Å². The molecule has 0 radical (unpaired) electrons. The Labute approximate surface area is 110 Å². The van der Waals surface area contributed by atoms with Crippen LogP contribution in [0.1, 0.15) is 23.7 Å². The van der Waals surface area contributed by atoms with Crippen molar-refractivity contribution in [3.63, 3.8) is 0 Å². The number of carbonyl (C=O) groups excluding carboxylic acids is 2. The quantitative estimate of drug-likeness (QED) is 0.620. The van der Waals surface area contributed by atoms with Crippen LogP contribution < -0.4 is 4.90 Å². The summed E-state index contributed by atoms with van der Waals surface area (Å²) in [5.74, 6) is -0.630. The molecule has 5 nitrogen and oxygen atoms in total. The summed E-state index contributed by atoms with van der Waals surface area (Å²) in [6.07, 6.45) is -0.372. The van der Waals surface area contributed by atoms with Gasteiger partial charge in [-0.05, 0) is 19.1 Å². The number of anilines is 1. The fourth-order valence-electron chi connectivity index (χ4n) is 2.01. The molecule has 0 aliphatic carbocycles. The van der Waals surface area contributed by atoms with Crippen LogP contribution in [0.3, 0.4) is 0 Å². The van der Waals surface area contributed by atoms with Gasteiger partial charge in [0.15, 0.2) is 5.78 Å². The van der Waals surface area contributed by atoms with Gasteiger partial charge >= 0.3 is 10.2 Å². The number of benzene rings is 1. The van der Waals surface area contributed by atoms with E-state index in [9.17, 15) is 21.9 Å². The molecule has 0 aromatic heterocycles. The maximum atomic E-state index is 12.9. The van der Waals surface area contributed by atoms with E-state index < -0.39 is 21.4 Å². The van der Waals surface area contributed by atoms with Crippen molar-refractivity contribution in [3.8, 4) is 0 Å². The standard InChI is InChI=1S/C12H12FNO4S/c1-8(15)9-3-2-4-10(5-9)14-7-11(6-12(14)16)19(13,17)18/h2-5,11H,6-7H2,1H3. The van der Waals surface area contributed by atoms with Gasteiger partial charge in [-0.1, -0.05) is 12.1 Å². The third kappa shape index (κ3) is 2.81. The van der Waals surface area contributed by atoms with E-state index in [0.29, 0.717) is 11.3 Å². The van der Waals surface area contributed by atoms with Gasteiger partial charge in [0.05, 0.1) is 0 Å². The van der Waals surface area contributed by atoms with Crippen LogP contribution in [0.4, 0.5) is 9.57 Å². The summed E-state index contributed by atoms with van der Waals surface area (Å²) in [4.78, 5) is 24.2. The van der Waals surface area contributed by atoms with Crippen LogP contribution in [0.15, 0.2) is 24.3 Å². The molecule has 0 spiro atoms. The predicted octanol–water partition coefficient (Wildman–Crippen LogP) is 1.29. The molecule has 1 fully saturated rings. The van der Waals surface area contributed by atoms with Crippen molar-refractivity contribution < 1.29 is 21.9 Å². The molecule has 1 heterocycles. The summed E-state index contributed by atoms with van der Waals surface area (Å²) in [5.41, 5.74) is 0.820. The Kier molecular flexibility index (Phi) is 3.40. The van der Waals surface area contributed by atoms with Gasteiger partial charge in [-0.15, -0.1) is 3.89 Å². The van der Waals surface area contributed by atoms with E-state index in [1.807, 2.05) is 0 Å². The van der Waals surface area contributed by atoms with Gasteiger partial charge in [0, 0.05) is 24.2 Å². The molecule has 7 heteroatoms. The summed E-state index contributed by atoms with van der Waals surface area (Å²) in [7, 11) is -4.73. The molecule has 1 amide bonds. The zero-order chi connectivity index (χ0) is 14.2. The Morgan fingerprint density at radius 3 is 2.63 bits per heavy atom. The molecule has 1 unspecified atom stereocenters. The second kappa shape index (κ2) is 4.73. The fourth-order valence-corrected chi connectivity index (χ4v) is 2.67. The van der Waals surface area contributed by atoms with E-state index in [1.54, 1.807) is 18.2 Å². The number of nitrogens with zero attached hydrogens (tertiary/aromatic N) is 1. The van der Waals surface area contributed by atoms with Crippen molar-refractivity contribution in [2.75, 3.05) is 11.4 Å². The Morgan fingerprint density at radius 2 is 2.11 bits per heavy atom. The lowest BCUT2D eigenvalue weighted by molar-refractivity contribution is -0.117. The summed E-state index contributed by atoms with van der Waals surface area (Å²) in [6, 6.07) is 6.26. The average molecular weight is 285 g/mol. The lowest BCUT2D eigenvalue weighted by Gasteiger charge is -2.16. The fraction of sp³-hybridized carbons (Fsp3) is 0.333. The monoisotopic (exact) mass is 285 g/mol. The molecule has 1 saturated heterocycles. The highest BCUT2D eigenvalue weighted by atomic mass is 32.3. The number of Topliss-reactive ketones (excluding diaryl/α,β-unsaturated/α-hetero) is 1. The van der Waals surface area contributed by atoms with E-state index in [4.69, 9.17) is 0 Å². The number of hydrogen-bond donors (Lipinski definition) is 0. The van der Waals surface area contributed by atoms with Crippen LogP contribution in [0.5, 0.6) is 0 Å². The van der Waals surface area contributed by atoms with Crippen LogP contribution in [0.2, 0.25) is 0 Å². The molecule has 0 N–H and O–H groups in total. The molecule has 2 rings (SSSR count). The van der Waals surface area contributed by atoms with Gasteiger partial charge in [-0.25, -0.2) is 0 Å². The summed E-state index contributed by atoms with van der Waals surface area (Å²) in [6.45, 7) is 1.17. The Bertz CT molecular complexity index is 641. The highest BCUT2D eigenvalue weighted by Gasteiger charge is 2.39. The average Bonchev–Trinajstić information content (AvgIpc) is 2.71. The van der Waals surface area contributed by atoms with Gasteiger partial charge in [-0.2, -0.15) is 8.42 Å². The van der Waals surface area contributed by atoms with Gasteiger partial charge in [-0.3, -0.25) is 9.59 Å². The number of carbonyl (C=O) groups is 2. The van der Waals surface area contributed by atoms with Crippen molar-refractivity contribution in [1.29, 1.82) is 0 Å². The first-order chi connectivity index (χ1) is 8.79. The first-order valence-electron chi connectivity index (χ1n) is 5.64. The van der Waals surface area contributed by atoms with Gasteiger partial charge in [0.1, 0.15) is 5.25 Å². The van der Waals surface area contributed by atoms with Crippen molar-refractivity contribution in [2.24, 2.45) is 0 Å². The highest BCUT2D eigenvalue weighted by Crippen LogP contribution is 2.26.